The Morgan fingerprint density at radius 3 is 2.71 bits per heavy atom. The maximum atomic E-state index is 9.32. The van der Waals surface area contributed by atoms with Crippen molar-refractivity contribution in [2.24, 2.45) is 0 Å². The van der Waals surface area contributed by atoms with Crippen LogP contribution in [0.1, 0.15) is 12.5 Å². The van der Waals surface area contributed by atoms with Gasteiger partial charge in [0.15, 0.2) is 0 Å². The van der Waals surface area contributed by atoms with E-state index in [9.17, 15) is 5.11 Å². The zero-order chi connectivity index (χ0) is 9.97. The molecule has 2 nitrogen and oxygen atoms in total. The van der Waals surface area contributed by atoms with Crippen molar-refractivity contribution in [3.05, 3.63) is 35.9 Å². The van der Waals surface area contributed by atoms with Gasteiger partial charge in [0.2, 0.25) is 0 Å². The summed E-state index contributed by atoms with van der Waals surface area (Å²) in [6.45, 7) is 4.00. The van der Waals surface area contributed by atoms with E-state index in [1.807, 2.05) is 13.0 Å². The summed E-state index contributed by atoms with van der Waals surface area (Å²) in [6, 6.07) is 10.9. The number of hydrogen-bond donors (Lipinski definition) is 1. The Labute approximate surface area is 85.2 Å². The fraction of sp³-hybridized carbons (Fsp3) is 0.500. The third-order valence-electron chi connectivity index (χ3n) is 2.84. The first-order valence-electron chi connectivity index (χ1n) is 5.23. The van der Waals surface area contributed by atoms with Gasteiger partial charge in [0.1, 0.15) is 0 Å². The SMILES string of the molecule is CC(O)[C@H]1CN1CCc1ccccc1. The fourth-order valence-electron chi connectivity index (χ4n) is 1.83. The monoisotopic (exact) mass is 191 g/mol. The molecule has 2 rings (SSSR count). The molecule has 1 aliphatic rings. The number of aliphatic hydroxyl groups is 1. The molecule has 0 aliphatic carbocycles. The fourth-order valence-corrected chi connectivity index (χ4v) is 1.83. The highest BCUT2D eigenvalue weighted by atomic mass is 16.3. The van der Waals surface area contributed by atoms with Crippen LogP contribution in [-0.2, 0) is 6.42 Å². The summed E-state index contributed by atoms with van der Waals surface area (Å²) in [4.78, 5) is 2.32. The summed E-state index contributed by atoms with van der Waals surface area (Å²) in [7, 11) is 0. The van der Waals surface area contributed by atoms with E-state index in [0.29, 0.717) is 6.04 Å². The standard InChI is InChI=1S/C12H17NO/c1-10(14)12-9-13(12)8-7-11-5-3-2-4-6-11/h2-6,10,12,14H,7-9H2,1H3/t10?,12-,13?/m1/s1. The van der Waals surface area contributed by atoms with Crippen molar-refractivity contribution < 1.29 is 5.11 Å². The van der Waals surface area contributed by atoms with Crippen molar-refractivity contribution in [2.75, 3.05) is 13.1 Å². The summed E-state index contributed by atoms with van der Waals surface area (Å²) >= 11 is 0. The first-order chi connectivity index (χ1) is 6.77. The van der Waals surface area contributed by atoms with Crippen molar-refractivity contribution in [3.63, 3.8) is 0 Å². The predicted octanol–water partition coefficient (Wildman–Crippen LogP) is 1.29. The second kappa shape index (κ2) is 4.11. The summed E-state index contributed by atoms with van der Waals surface area (Å²) in [5.41, 5.74) is 1.38. The van der Waals surface area contributed by atoms with Crippen LogP contribution in [0.15, 0.2) is 30.3 Å². The molecule has 2 heteroatoms. The van der Waals surface area contributed by atoms with E-state index < -0.39 is 0 Å². The molecule has 1 aromatic rings. The van der Waals surface area contributed by atoms with Gasteiger partial charge < -0.3 is 5.11 Å². The lowest BCUT2D eigenvalue weighted by Crippen LogP contribution is -2.16. The molecule has 14 heavy (non-hydrogen) atoms. The zero-order valence-corrected chi connectivity index (χ0v) is 8.56. The molecule has 0 bridgehead atoms. The van der Waals surface area contributed by atoms with Crippen LogP contribution in [0.3, 0.4) is 0 Å². The van der Waals surface area contributed by atoms with Crippen molar-refractivity contribution in [2.45, 2.75) is 25.5 Å². The maximum Gasteiger partial charge on any atom is 0.0679 e. The van der Waals surface area contributed by atoms with Crippen LogP contribution in [0.25, 0.3) is 0 Å². The van der Waals surface area contributed by atoms with Crippen LogP contribution in [0.5, 0.6) is 0 Å². The van der Waals surface area contributed by atoms with E-state index >= 15 is 0 Å². The van der Waals surface area contributed by atoms with Gasteiger partial charge in [-0.05, 0) is 18.9 Å². The van der Waals surface area contributed by atoms with Crippen LogP contribution in [-0.4, -0.2) is 35.2 Å². The quantitative estimate of drug-likeness (QED) is 0.725. The lowest BCUT2D eigenvalue weighted by molar-refractivity contribution is 0.175. The van der Waals surface area contributed by atoms with Crippen LogP contribution in [0.4, 0.5) is 0 Å². The molecule has 0 aromatic heterocycles. The zero-order valence-electron chi connectivity index (χ0n) is 8.56. The second-order valence-electron chi connectivity index (χ2n) is 4.04. The van der Waals surface area contributed by atoms with Gasteiger partial charge in [0.05, 0.1) is 6.10 Å². The van der Waals surface area contributed by atoms with Gasteiger partial charge in [-0.25, -0.2) is 0 Å². The van der Waals surface area contributed by atoms with Gasteiger partial charge in [-0.1, -0.05) is 30.3 Å². The van der Waals surface area contributed by atoms with Gasteiger partial charge in [0.25, 0.3) is 0 Å². The van der Waals surface area contributed by atoms with Gasteiger partial charge in [-0.2, -0.15) is 0 Å². The number of nitrogens with zero attached hydrogens (tertiary/aromatic N) is 1. The molecule has 1 fully saturated rings. The summed E-state index contributed by atoms with van der Waals surface area (Å²) in [5.74, 6) is 0. The lowest BCUT2D eigenvalue weighted by Gasteiger charge is -2.05. The molecule has 2 unspecified atom stereocenters. The number of benzene rings is 1. The van der Waals surface area contributed by atoms with Crippen molar-refractivity contribution in [1.29, 1.82) is 0 Å². The van der Waals surface area contributed by atoms with E-state index in [-0.39, 0.29) is 6.10 Å². The summed E-state index contributed by atoms with van der Waals surface area (Å²) in [5, 5.41) is 9.32. The Morgan fingerprint density at radius 2 is 2.14 bits per heavy atom. The highest BCUT2D eigenvalue weighted by Gasteiger charge is 2.36. The smallest absolute Gasteiger partial charge is 0.0679 e. The minimum atomic E-state index is -0.175. The van der Waals surface area contributed by atoms with Gasteiger partial charge in [-0.3, -0.25) is 4.90 Å². The number of rotatable bonds is 4. The average Bonchev–Trinajstić information content (AvgIpc) is 2.96. The maximum absolute atomic E-state index is 9.32. The Kier molecular flexibility index (Phi) is 2.85. The molecule has 0 amide bonds. The average molecular weight is 191 g/mol. The van der Waals surface area contributed by atoms with Crippen molar-refractivity contribution in [3.8, 4) is 0 Å². The molecule has 0 radical (unpaired) electrons. The topological polar surface area (TPSA) is 23.2 Å². The highest BCUT2D eigenvalue weighted by molar-refractivity contribution is 5.15. The van der Waals surface area contributed by atoms with Crippen molar-refractivity contribution >= 4 is 0 Å². The molecule has 3 atom stereocenters. The highest BCUT2D eigenvalue weighted by Crippen LogP contribution is 2.20. The molecule has 1 N–H and O–H groups in total. The van der Waals surface area contributed by atoms with Crippen LogP contribution in [0, 0.1) is 0 Å². The van der Waals surface area contributed by atoms with Crippen LogP contribution < -0.4 is 0 Å². The lowest BCUT2D eigenvalue weighted by atomic mass is 10.1. The third kappa shape index (κ3) is 2.34. The molecular weight excluding hydrogens is 174 g/mol. The van der Waals surface area contributed by atoms with Crippen molar-refractivity contribution in [1.82, 2.24) is 4.90 Å². The Bertz CT molecular complexity index is 284. The minimum Gasteiger partial charge on any atom is -0.392 e. The normalized spacial score (nSPS) is 27.3. The Morgan fingerprint density at radius 1 is 1.43 bits per heavy atom. The van der Waals surface area contributed by atoms with Gasteiger partial charge in [-0.15, -0.1) is 0 Å². The molecule has 1 aliphatic heterocycles. The van der Waals surface area contributed by atoms with Crippen LogP contribution in [0.2, 0.25) is 0 Å². The number of hydrogen-bond acceptors (Lipinski definition) is 2. The molecule has 1 heterocycles. The van der Waals surface area contributed by atoms with E-state index in [0.717, 1.165) is 19.5 Å². The predicted molar refractivity (Wildman–Crippen MR) is 57.2 cm³/mol. The second-order valence-corrected chi connectivity index (χ2v) is 4.04. The summed E-state index contributed by atoms with van der Waals surface area (Å²) < 4.78 is 0. The molecule has 0 saturated carbocycles. The largest absolute Gasteiger partial charge is 0.392 e. The Hall–Kier alpha value is -0.860. The van der Waals surface area contributed by atoms with Gasteiger partial charge >= 0.3 is 0 Å². The third-order valence-corrected chi connectivity index (χ3v) is 2.84. The molecule has 1 aromatic carbocycles. The van der Waals surface area contributed by atoms with E-state index in [1.54, 1.807) is 0 Å². The molecule has 0 spiro atoms. The van der Waals surface area contributed by atoms with Gasteiger partial charge in [0, 0.05) is 19.1 Å². The first-order valence-corrected chi connectivity index (χ1v) is 5.23. The molecule has 1 saturated heterocycles. The first kappa shape index (κ1) is 9.69. The molecular formula is C12H17NO. The minimum absolute atomic E-state index is 0.175. The Balaban J connectivity index is 1.75. The number of aliphatic hydroxyl groups excluding tert-OH is 1. The van der Waals surface area contributed by atoms with Crippen LogP contribution >= 0.6 is 0 Å². The van der Waals surface area contributed by atoms with E-state index in [1.165, 1.54) is 5.56 Å². The van der Waals surface area contributed by atoms with E-state index in [4.69, 9.17) is 0 Å². The molecule has 76 valence electrons. The summed E-state index contributed by atoms with van der Waals surface area (Å²) in [6.07, 6.45) is 0.912. The van der Waals surface area contributed by atoms with E-state index in [2.05, 4.69) is 29.2 Å².